The molecule has 10 heteroatoms. The number of benzene rings is 1. The standard InChI is InChI=1S/C17H25ClN4O3S2/c18-15-4-1-5-16(14(15)11-19)27(24,25)22-6-2-3-13(12-22)20-17(23)21-7-9-26-10-8-21/h1,4-5,13H,2-3,6-12,19H2,(H,20,23)/t13-/m0/s1. The summed E-state index contributed by atoms with van der Waals surface area (Å²) in [5, 5.41) is 3.35. The van der Waals surface area contributed by atoms with E-state index in [-0.39, 0.29) is 30.1 Å². The van der Waals surface area contributed by atoms with Crippen molar-refractivity contribution in [1.29, 1.82) is 0 Å². The highest BCUT2D eigenvalue weighted by atomic mass is 35.5. The smallest absolute Gasteiger partial charge is 0.317 e. The van der Waals surface area contributed by atoms with E-state index in [1.54, 1.807) is 17.0 Å². The first-order valence-corrected chi connectivity index (χ1v) is 12.0. The van der Waals surface area contributed by atoms with Crippen LogP contribution in [-0.4, -0.2) is 67.4 Å². The van der Waals surface area contributed by atoms with E-state index in [0.717, 1.165) is 31.0 Å². The monoisotopic (exact) mass is 432 g/mol. The maximum Gasteiger partial charge on any atom is 0.317 e. The van der Waals surface area contributed by atoms with E-state index < -0.39 is 10.0 Å². The highest BCUT2D eigenvalue weighted by Crippen LogP contribution is 2.28. The quantitative estimate of drug-likeness (QED) is 0.755. The Balaban J connectivity index is 1.72. The average molecular weight is 433 g/mol. The Labute approximate surface area is 169 Å². The van der Waals surface area contributed by atoms with Crippen molar-refractivity contribution in [2.75, 3.05) is 37.7 Å². The summed E-state index contributed by atoms with van der Waals surface area (Å²) in [6, 6.07) is 4.49. The van der Waals surface area contributed by atoms with Crippen LogP contribution in [0.5, 0.6) is 0 Å². The Morgan fingerprint density at radius 1 is 1.30 bits per heavy atom. The zero-order valence-electron chi connectivity index (χ0n) is 15.1. The van der Waals surface area contributed by atoms with Gasteiger partial charge < -0.3 is 16.0 Å². The van der Waals surface area contributed by atoms with E-state index in [1.807, 2.05) is 11.8 Å². The molecule has 0 spiro atoms. The summed E-state index contributed by atoms with van der Waals surface area (Å²) in [4.78, 5) is 14.4. The zero-order chi connectivity index (χ0) is 19.4. The third kappa shape index (κ3) is 4.71. The van der Waals surface area contributed by atoms with E-state index in [9.17, 15) is 13.2 Å². The maximum atomic E-state index is 13.1. The molecule has 0 aliphatic carbocycles. The van der Waals surface area contributed by atoms with E-state index in [1.165, 1.54) is 10.4 Å². The van der Waals surface area contributed by atoms with Crippen molar-refractivity contribution in [3.05, 3.63) is 28.8 Å². The Kier molecular flexibility index (Phi) is 6.91. The lowest BCUT2D eigenvalue weighted by atomic mass is 10.1. The number of nitrogens with one attached hydrogen (secondary N) is 1. The molecule has 0 unspecified atom stereocenters. The first-order chi connectivity index (χ1) is 12.9. The number of halogens is 1. The summed E-state index contributed by atoms with van der Waals surface area (Å²) in [6.07, 6.45) is 1.46. The zero-order valence-corrected chi connectivity index (χ0v) is 17.5. The van der Waals surface area contributed by atoms with Crippen molar-refractivity contribution in [3.63, 3.8) is 0 Å². The summed E-state index contributed by atoms with van der Waals surface area (Å²) in [6.45, 7) is 2.19. The SMILES string of the molecule is NCc1c(Cl)cccc1S(=O)(=O)N1CCC[C@H](NC(=O)N2CCSCC2)C1. The molecule has 1 aromatic rings. The third-order valence-corrected chi connectivity index (χ3v) is 8.15. The second kappa shape index (κ2) is 9.00. The third-order valence-electron chi connectivity index (χ3n) is 4.91. The van der Waals surface area contributed by atoms with Crippen LogP contribution >= 0.6 is 23.4 Å². The minimum absolute atomic E-state index is 0.0508. The van der Waals surface area contributed by atoms with Gasteiger partial charge in [-0.3, -0.25) is 0 Å². The Morgan fingerprint density at radius 3 is 2.74 bits per heavy atom. The van der Waals surface area contributed by atoms with Gasteiger partial charge in [0, 0.05) is 60.9 Å². The lowest BCUT2D eigenvalue weighted by molar-refractivity contribution is 0.190. The van der Waals surface area contributed by atoms with Crippen LogP contribution in [0.15, 0.2) is 23.1 Å². The minimum Gasteiger partial charge on any atom is -0.334 e. The van der Waals surface area contributed by atoms with Gasteiger partial charge in [-0.2, -0.15) is 16.1 Å². The molecule has 2 aliphatic rings. The lowest BCUT2D eigenvalue weighted by Gasteiger charge is -2.35. The van der Waals surface area contributed by atoms with Crippen molar-refractivity contribution in [2.24, 2.45) is 5.73 Å². The Bertz CT molecular complexity index is 784. The first kappa shape index (κ1) is 20.7. The molecule has 2 heterocycles. The van der Waals surface area contributed by atoms with Crippen LogP contribution in [-0.2, 0) is 16.6 Å². The molecule has 0 saturated carbocycles. The molecule has 2 amide bonds. The highest BCUT2D eigenvalue weighted by molar-refractivity contribution is 7.99. The van der Waals surface area contributed by atoms with Gasteiger partial charge in [-0.25, -0.2) is 13.2 Å². The van der Waals surface area contributed by atoms with Gasteiger partial charge in [0.2, 0.25) is 10.0 Å². The Hall–Kier alpha value is -1.00. The van der Waals surface area contributed by atoms with Crippen LogP contribution in [0.3, 0.4) is 0 Å². The van der Waals surface area contributed by atoms with Crippen molar-refractivity contribution in [1.82, 2.24) is 14.5 Å². The van der Waals surface area contributed by atoms with Crippen LogP contribution in [0.1, 0.15) is 18.4 Å². The molecule has 27 heavy (non-hydrogen) atoms. The molecule has 1 aromatic carbocycles. The van der Waals surface area contributed by atoms with Crippen LogP contribution in [0.2, 0.25) is 5.02 Å². The van der Waals surface area contributed by atoms with Crippen molar-refractivity contribution >= 4 is 39.4 Å². The molecule has 0 radical (unpaired) electrons. The molecule has 0 aromatic heterocycles. The summed E-state index contributed by atoms with van der Waals surface area (Å²) >= 11 is 7.97. The lowest BCUT2D eigenvalue weighted by Crippen LogP contribution is -2.53. The van der Waals surface area contributed by atoms with Gasteiger partial charge in [0.05, 0.1) is 4.90 Å². The number of amides is 2. The summed E-state index contributed by atoms with van der Waals surface area (Å²) in [5.41, 5.74) is 6.15. The normalized spacial score (nSPS) is 21.9. The molecule has 150 valence electrons. The summed E-state index contributed by atoms with van der Waals surface area (Å²) in [7, 11) is -3.72. The number of carbonyl (C=O) groups is 1. The number of hydrogen-bond donors (Lipinski definition) is 2. The predicted molar refractivity (Wildman–Crippen MR) is 109 cm³/mol. The van der Waals surface area contributed by atoms with Gasteiger partial charge in [0.25, 0.3) is 0 Å². The molecule has 2 fully saturated rings. The number of thioether (sulfide) groups is 1. The van der Waals surface area contributed by atoms with E-state index >= 15 is 0 Å². The molecule has 3 N–H and O–H groups in total. The highest BCUT2D eigenvalue weighted by Gasteiger charge is 2.33. The second-order valence-electron chi connectivity index (χ2n) is 6.67. The molecule has 1 atom stereocenters. The Morgan fingerprint density at radius 2 is 2.04 bits per heavy atom. The van der Waals surface area contributed by atoms with Crippen molar-refractivity contribution in [2.45, 2.75) is 30.3 Å². The van der Waals surface area contributed by atoms with E-state index in [4.69, 9.17) is 17.3 Å². The molecule has 2 saturated heterocycles. The van der Waals surface area contributed by atoms with Crippen LogP contribution < -0.4 is 11.1 Å². The van der Waals surface area contributed by atoms with E-state index in [2.05, 4.69) is 5.32 Å². The number of sulfonamides is 1. The number of urea groups is 1. The number of nitrogens with two attached hydrogens (primary N) is 1. The number of piperidine rings is 1. The molecule has 7 nitrogen and oxygen atoms in total. The van der Waals surface area contributed by atoms with Crippen LogP contribution in [0.25, 0.3) is 0 Å². The van der Waals surface area contributed by atoms with Gasteiger partial charge in [-0.1, -0.05) is 17.7 Å². The fourth-order valence-corrected chi connectivity index (χ4v) is 6.42. The largest absolute Gasteiger partial charge is 0.334 e. The molecule has 2 aliphatic heterocycles. The number of hydrogen-bond acceptors (Lipinski definition) is 5. The van der Waals surface area contributed by atoms with Crippen LogP contribution in [0, 0.1) is 0 Å². The summed E-state index contributed by atoms with van der Waals surface area (Å²) in [5.74, 6) is 1.88. The number of nitrogens with zero attached hydrogens (tertiary/aromatic N) is 2. The van der Waals surface area contributed by atoms with Gasteiger partial charge in [-0.05, 0) is 25.0 Å². The second-order valence-corrected chi connectivity index (χ2v) is 10.2. The molecule has 3 rings (SSSR count). The van der Waals surface area contributed by atoms with Gasteiger partial charge in [0.1, 0.15) is 0 Å². The average Bonchev–Trinajstić information content (AvgIpc) is 2.68. The van der Waals surface area contributed by atoms with Gasteiger partial charge in [-0.15, -0.1) is 0 Å². The number of rotatable bonds is 4. The predicted octanol–water partition coefficient (Wildman–Crippen LogP) is 1.71. The van der Waals surface area contributed by atoms with Gasteiger partial charge >= 0.3 is 6.03 Å². The van der Waals surface area contributed by atoms with Crippen molar-refractivity contribution < 1.29 is 13.2 Å². The fourth-order valence-electron chi connectivity index (χ4n) is 3.43. The molecular weight excluding hydrogens is 408 g/mol. The number of carbonyl (C=O) groups excluding carboxylic acids is 1. The van der Waals surface area contributed by atoms with E-state index in [0.29, 0.717) is 23.6 Å². The molecule has 0 bridgehead atoms. The molecular formula is C17H25ClN4O3S2. The minimum atomic E-state index is -3.72. The first-order valence-electron chi connectivity index (χ1n) is 9.04. The maximum absolute atomic E-state index is 13.1. The van der Waals surface area contributed by atoms with Gasteiger partial charge in [0.15, 0.2) is 0 Å². The fraction of sp³-hybridized carbons (Fsp3) is 0.588. The summed E-state index contributed by atoms with van der Waals surface area (Å²) < 4.78 is 27.7. The topological polar surface area (TPSA) is 95.7 Å². The van der Waals surface area contributed by atoms with Crippen LogP contribution in [0.4, 0.5) is 4.79 Å². The van der Waals surface area contributed by atoms with Crippen molar-refractivity contribution in [3.8, 4) is 0 Å².